The number of ether oxygens (including phenoxy) is 1. The molecule has 0 unspecified atom stereocenters. The fraction of sp³-hybridized carbons (Fsp3) is 0.333. The third-order valence-corrected chi connectivity index (χ3v) is 4.03. The summed E-state index contributed by atoms with van der Waals surface area (Å²) >= 11 is 0. The molecule has 1 amide bonds. The third kappa shape index (κ3) is 3.13. The molecule has 6 heteroatoms. The molecule has 0 fully saturated rings. The predicted molar refractivity (Wildman–Crippen MR) is 89.4 cm³/mol. The Balaban J connectivity index is 1.87. The zero-order chi connectivity index (χ0) is 17.3. The molecule has 0 radical (unpaired) electrons. The molecular formula is C18H19N3O3. The summed E-state index contributed by atoms with van der Waals surface area (Å²) in [4.78, 5) is 33.1. The van der Waals surface area contributed by atoms with Crippen LogP contribution >= 0.6 is 0 Å². The molecule has 0 atom stereocenters. The number of fused-ring (bicyclic) bond motifs is 1. The number of carbonyl (C=O) groups is 2. The van der Waals surface area contributed by atoms with Crippen LogP contribution in [0.15, 0.2) is 30.5 Å². The Morgan fingerprint density at radius 1 is 1.25 bits per heavy atom. The molecule has 0 spiro atoms. The van der Waals surface area contributed by atoms with Crippen molar-refractivity contribution in [3.8, 4) is 5.75 Å². The van der Waals surface area contributed by atoms with E-state index in [9.17, 15) is 9.59 Å². The summed E-state index contributed by atoms with van der Waals surface area (Å²) in [5, 5.41) is 2.67. The Hall–Kier alpha value is -2.76. The largest absolute Gasteiger partial charge is 0.496 e. The van der Waals surface area contributed by atoms with E-state index in [2.05, 4.69) is 15.3 Å². The van der Waals surface area contributed by atoms with Crippen molar-refractivity contribution in [3.63, 3.8) is 0 Å². The van der Waals surface area contributed by atoms with Gasteiger partial charge in [-0.05, 0) is 24.0 Å². The molecular weight excluding hydrogens is 306 g/mol. The van der Waals surface area contributed by atoms with E-state index in [0.29, 0.717) is 35.4 Å². The van der Waals surface area contributed by atoms with Gasteiger partial charge in [-0.25, -0.2) is 9.97 Å². The summed E-state index contributed by atoms with van der Waals surface area (Å²) in [5.41, 5.74) is 1.49. The van der Waals surface area contributed by atoms with E-state index in [1.165, 1.54) is 13.3 Å². The second-order valence-corrected chi connectivity index (χ2v) is 6.65. The van der Waals surface area contributed by atoms with Gasteiger partial charge < -0.3 is 4.74 Å². The monoisotopic (exact) mass is 325 g/mol. The van der Waals surface area contributed by atoms with Gasteiger partial charge in [0.05, 0.1) is 23.9 Å². The first-order valence-electron chi connectivity index (χ1n) is 7.73. The normalized spacial score (nSPS) is 15.5. The van der Waals surface area contributed by atoms with Crippen LogP contribution in [-0.4, -0.2) is 28.8 Å². The predicted octanol–water partition coefficient (Wildman–Crippen LogP) is 2.89. The maximum Gasteiger partial charge on any atom is 0.261 e. The van der Waals surface area contributed by atoms with Crippen LogP contribution in [0.2, 0.25) is 0 Å². The summed E-state index contributed by atoms with van der Waals surface area (Å²) in [6, 6.07) is 6.92. The highest BCUT2D eigenvalue weighted by Crippen LogP contribution is 2.33. The van der Waals surface area contributed by atoms with Gasteiger partial charge in [0, 0.05) is 12.6 Å². The average molecular weight is 325 g/mol. The summed E-state index contributed by atoms with van der Waals surface area (Å²) in [7, 11) is 1.51. The SMILES string of the molecule is COc1ccccc1C(=O)Nc1ncc2c(n1)CC(C)(C)CC2=O. The zero-order valence-electron chi connectivity index (χ0n) is 13.9. The van der Waals surface area contributed by atoms with Crippen LogP contribution in [0, 0.1) is 5.41 Å². The maximum atomic E-state index is 12.4. The van der Waals surface area contributed by atoms with E-state index in [1.54, 1.807) is 24.3 Å². The van der Waals surface area contributed by atoms with Crippen LogP contribution in [0.4, 0.5) is 5.95 Å². The van der Waals surface area contributed by atoms with Crippen LogP contribution in [0.1, 0.15) is 46.7 Å². The van der Waals surface area contributed by atoms with E-state index in [4.69, 9.17) is 4.74 Å². The number of Topliss-reactive ketones (excluding diaryl/α,β-unsaturated/α-hetero) is 1. The molecule has 0 saturated heterocycles. The topological polar surface area (TPSA) is 81.2 Å². The Morgan fingerprint density at radius 2 is 2.00 bits per heavy atom. The number of amides is 1. The van der Waals surface area contributed by atoms with Gasteiger partial charge in [0.15, 0.2) is 5.78 Å². The number of nitrogens with one attached hydrogen (secondary N) is 1. The number of benzene rings is 1. The lowest BCUT2D eigenvalue weighted by molar-refractivity contribution is 0.0909. The number of rotatable bonds is 3. The Labute approximate surface area is 140 Å². The number of anilines is 1. The van der Waals surface area contributed by atoms with Gasteiger partial charge in [0.25, 0.3) is 5.91 Å². The first-order valence-corrected chi connectivity index (χ1v) is 7.73. The number of para-hydroxylation sites is 1. The lowest BCUT2D eigenvalue weighted by Gasteiger charge is -2.29. The first kappa shape index (κ1) is 16.1. The molecule has 1 aliphatic carbocycles. The van der Waals surface area contributed by atoms with Crippen LogP contribution in [-0.2, 0) is 6.42 Å². The van der Waals surface area contributed by atoms with Gasteiger partial charge in [0.1, 0.15) is 5.75 Å². The maximum absolute atomic E-state index is 12.4. The molecule has 1 aromatic heterocycles. The van der Waals surface area contributed by atoms with Crippen LogP contribution in [0.5, 0.6) is 5.75 Å². The molecule has 3 rings (SSSR count). The minimum atomic E-state index is -0.353. The van der Waals surface area contributed by atoms with Crippen LogP contribution < -0.4 is 10.1 Å². The number of ketones is 1. The standard InChI is InChI=1S/C18H19N3O3/c1-18(2)8-13-12(14(22)9-18)10-19-17(20-13)21-16(23)11-6-4-5-7-15(11)24-3/h4-7,10H,8-9H2,1-3H3,(H,19,20,21,23). The number of hydrogen-bond donors (Lipinski definition) is 1. The quantitative estimate of drug-likeness (QED) is 0.938. The van der Waals surface area contributed by atoms with Crippen molar-refractivity contribution in [2.45, 2.75) is 26.7 Å². The highest BCUT2D eigenvalue weighted by molar-refractivity contribution is 6.05. The molecule has 24 heavy (non-hydrogen) atoms. The molecule has 1 heterocycles. The Morgan fingerprint density at radius 3 is 2.75 bits per heavy atom. The van der Waals surface area contributed by atoms with Gasteiger partial charge in [-0.2, -0.15) is 0 Å². The van der Waals surface area contributed by atoms with Crippen molar-refractivity contribution >= 4 is 17.6 Å². The second kappa shape index (κ2) is 6.03. The van der Waals surface area contributed by atoms with E-state index < -0.39 is 0 Å². The van der Waals surface area contributed by atoms with Crippen LogP contribution in [0.25, 0.3) is 0 Å². The van der Waals surface area contributed by atoms with Crippen molar-refractivity contribution < 1.29 is 14.3 Å². The number of methoxy groups -OCH3 is 1. The van der Waals surface area contributed by atoms with Crippen molar-refractivity contribution in [2.75, 3.05) is 12.4 Å². The van der Waals surface area contributed by atoms with Crippen molar-refractivity contribution in [3.05, 3.63) is 47.3 Å². The lowest BCUT2D eigenvalue weighted by atomic mass is 9.76. The van der Waals surface area contributed by atoms with Crippen LogP contribution in [0.3, 0.4) is 0 Å². The number of carbonyl (C=O) groups excluding carboxylic acids is 2. The second-order valence-electron chi connectivity index (χ2n) is 6.65. The van der Waals surface area contributed by atoms with Crippen molar-refractivity contribution in [1.29, 1.82) is 0 Å². The van der Waals surface area contributed by atoms with Crippen molar-refractivity contribution in [2.24, 2.45) is 5.41 Å². The zero-order valence-corrected chi connectivity index (χ0v) is 13.9. The van der Waals surface area contributed by atoms with E-state index in [-0.39, 0.29) is 23.1 Å². The van der Waals surface area contributed by atoms with E-state index in [0.717, 1.165) is 0 Å². The summed E-state index contributed by atoms with van der Waals surface area (Å²) < 4.78 is 5.19. The van der Waals surface area contributed by atoms with Gasteiger partial charge in [0.2, 0.25) is 5.95 Å². The summed E-state index contributed by atoms with van der Waals surface area (Å²) in [5.74, 6) is 0.358. The molecule has 1 N–H and O–H groups in total. The Kier molecular flexibility index (Phi) is 4.05. The van der Waals surface area contributed by atoms with Gasteiger partial charge in [-0.1, -0.05) is 26.0 Å². The molecule has 0 bridgehead atoms. The fourth-order valence-corrected chi connectivity index (χ4v) is 2.89. The molecule has 1 aliphatic rings. The molecule has 6 nitrogen and oxygen atoms in total. The van der Waals surface area contributed by atoms with E-state index in [1.807, 2.05) is 13.8 Å². The lowest BCUT2D eigenvalue weighted by Crippen LogP contribution is -2.28. The summed E-state index contributed by atoms with van der Waals surface area (Å²) in [6.07, 6.45) is 2.65. The molecule has 0 aliphatic heterocycles. The third-order valence-electron chi connectivity index (χ3n) is 4.03. The van der Waals surface area contributed by atoms with Gasteiger partial charge in [-0.3, -0.25) is 14.9 Å². The molecule has 2 aromatic rings. The van der Waals surface area contributed by atoms with Gasteiger partial charge in [-0.15, -0.1) is 0 Å². The highest BCUT2D eigenvalue weighted by Gasteiger charge is 2.32. The fourth-order valence-electron chi connectivity index (χ4n) is 2.89. The van der Waals surface area contributed by atoms with E-state index >= 15 is 0 Å². The summed E-state index contributed by atoms with van der Waals surface area (Å²) in [6.45, 7) is 4.06. The number of hydrogen-bond acceptors (Lipinski definition) is 5. The molecule has 124 valence electrons. The number of nitrogens with zero attached hydrogens (tertiary/aromatic N) is 2. The first-order chi connectivity index (χ1) is 11.4. The molecule has 1 aromatic carbocycles. The molecule has 0 saturated carbocycles. The number of aromatic nitrogens is 2. The average Bonchev–Trinajstić information content (AvgIpc) is 2.53. The smallest absolute Gasteiger partial charge is 0.261 e. The highest BCUT2D eigenvalue weighted by atomic mass is 16.5. The minimum Gasteiger partial charge on any atom is -0.496 e. The van der Waals surface area contributed by atoms with Gasteiger partial charge >= 0.3 is 0 Å². The van der Waals surface area contributed by atoms with Crippen molar-refractivity contribution in [1.82, 2.24) is 9.97 Å². The minimum absolute atomic E-state index is 0.0452. The Bertz CT molecular complexity index is 815.